The molecule has 5 nitrogen and oxygen atoms in total. The molecule has 0 aromatic carbocycles. The summed E-state index contributed by atoms with van der Waals surface area (Å²) in [6, 6.07) is 0.0467. The van der Waals surface area contributed by atoms with Crippen LogP contribution in [0.25, 0.3) is 0 Å². The van der Waals surface area contributed by atoms with Crippen LogP contribution in [0.4, 0.5) is 0 Å². The van der Waals surface area contributed by atoms with Gasteiger partial charge in [-0.25, -0.2) is 4.68 Å². The Labute approximate surface area is 96.0 Å². The summed E-state index contributed by atoms with van der Waals surface area (Å²) in [4.78, 5) is 0. The third kappa shape index (κ3) is 2.41. The molecule has 0 saturated carbocycles. The molecule has 1 aromatic heterocycles. The first-order valence-corrected chi connectivity index (χ1v) is 6.04. The van der Waals surface area contributed by atoms with E-state index in [0.717, 1.165) is 44.7 Å². The van der Waals surface area contributed by atoms with Crippen molar-refractivity contribution in [2.75, 3.05) is 13.2 Å². The zero-order chi connectivity index (χ0) is 11.4. The Hall–Kier alpha value is -0.940. The average Bonchev–Trinajstić information content (AvgIpc) is 2.78. The van der Waals surface area contributed by atoms with Crippen LogP contribution in [-0.2, 0) is 11.3 Å². The van der Waals surface area contributed by atoms with E-state index in [1.807, 2.05) is 4.68 Å². The number of rotatable bonds is 4. The topological polar surface area (TPSA) is 66.0 Å². The average molecular weight is 224 g/mol. The molecule has 1 aromatic rings. The lowest BCUT2D eigenvalue weighted by molar-refractivity contribution is 0.0574. The van der Waals surface area contributed by atoms with E-state index >= 15 is 0 Å². The van der Waals surface area contributed by atoms with E-state index in [1.54, 1.807) is 6.20 Å². The molecule has 16 heavy (non-hydrogen) atoms. The van der Waals surface area contributed by atoms with Gasteiger partial charge in [-0.15, -0.1) is 5.10 Å². The fraction of sp³-hybridized carbons (Fsp3) is 0.818. The quantitative estimate of drug-likeness (QED) is 0.832. The third-order valence-electron chi connectivity index (χ3n) is 3.20. The minimum Gasteiger partial charge on any atom is -0.381 e. The van der Waals surface area contributed by atoms with Crippen LogP contribution in [0.15, 0.2) is 6.20 Å². The molecule has 0 radical (unpaired) electrons. The van der Waals surface area contributed by atoms with Crippen molar-refractivity contribution in [1.82, 2.24) is 15.0 Å². The van der Waals surface area contributed by atoms with Gasteiger partial charge in [0.15, 0.2) is 0 Å². The molecule has 1 unspecified atom stereocenters. The number of nitrogens with two attached hydrogens (primary N) is 1. The second kappa shape index (κ2) is 5.41. The molecular weight excluding hydrogens is 204 g/mol. The summed E-state index contributed by atoms with van der Waals surface area (Å²) < 4.78 is 7.28. The van der Waals surface area contributed by atoms with Crippen LogP contribution in [0.1, 0.15) is 37.9 Å². The SMILES string of the molecule is CCCn1nncc1C(N)C1CCOCC1. The van der Waals surface area contributed by atoms with Crippen LogP contribution in [0.2, 0.25) is 0 Å². The molecule has 1 atom stereocenters. The van der Waals surface area contributed by atoms with Crippen molar-refractivity contribution in [1.29, 1.82) is 0 Å². The monoisotopic (exact) mass is 224 g/mol. The fourth-order valence-corrected chi connectivity index (χ4v) is 2.23. The smallest absolute Gasteiger partial charge is 0.0757 e. The number of aryl methyl sites for hydroxylation is 1. The van der Waals surface area contributed by atoms with Crippen molar-refractivity contribution in [3.8, 4) is 0 Å². The first kappa shape index (κ1) is 11.5. The van der Waals surface area contributed by atoms with Crippen LogP contribution in [0, 0.1) is 5.92 Å². The minimum atomic E-state index is 0.0467. The van der Waals surface area contributed by atoms with Gasteiger partial charge in [-0.05, 0) is 25.2 Å². The van der Waals surface area contributed by atoms with E-state index in [2.05, 4.69) is 17.2 Å². The molecule has 90 valence electrons. The van der Waals surface area contributed by atoms with Gasteiger partial charge in [0.05, 0.1) is 17.9 Å². The van der Waals surface area contributed by atoms with Crippen LogP contribution in [0.5, 0.6) is 0 Å². The van der Waals surface area contributed by atoms with Gasteiger partial charge < -0.3 is 10.5 Å². The molecule has 5 heteroatoms. The van der Waals surface area contributed by atoms with Gasteiger partial charge in [-0.1, -0.05) is 12.1 Å². The first-order valence-electron chi connectivity index (χ1n) is 6.04. The highest BCUT2D eigenvalue weighted by molar-refractivity contribution is 5.03. The number of ether oxygens (including phenoxy) is 1. The van der Waals surface area contributed by atoms with E-state index in [4.69, 9.17) is 10.5 Å². The van der Waals surface area contributed by atoms with Gasteiger partial charge in [0.25, 0.3) is 0 Å². The van der Waals surface area contributed by atoms with Crippen molar-refractivity contribution >= 4 is 0 Å². The van der Waals surface area contributed by atoms with E-state index in [9.17, 15) is 0 Å². The molecule has 0 spiro atoms. The Morgan fingerprint density at radius 3 is 3.00 bits per heavy atom. The van der Waals surface area contributed by atoms with E-state index in [-0.39, 0.29) is 6.04 Å². The molecule has 0 amide bonds. The molecule has 2 N–H and O–H groups in total. The minimum absolute atomic E-state index is 0.0467. The van der Waals surface area contributed by atoms with Gasteiger partial charge in [-0.2, -0.15) is 0 Å². The Balaban J connectivity index is 2.06. The Morgan fingerprint density at radius 2 is 2.31 bits per heavy atom. The summed E-state index contributed by atoms with van der Waals surface area (Å²) in [6.07, 6.45) is 4.93. The summed E-state index contributed by atoms with van der Waals surface area (Å²) in [6.45, 7) is 4.68. The zero-order valence-corrected chi connectivity index (χ0v) is 9.80. The van der Waals surface area contributed by atoms with E-state index in [0.29, 0.717) is 5.92 Å². The van der Waals surface area contributed by atoms with Gasteiger partial charge in [0, 0.05) is 19.8 Å². The second-order valence-electron chi connectivity index (χ2n) is 4.36. The van der Waals surface area contributed by atoms with Gasteiger partial charge in [-0.3, -0.25) is 0 Å². The standard InChI is InChI=1S/C11H20N4O/c1-2-5-15-10(8-13-14-15)11(12)9-3-6-16-7-4-9/h8-9,11H,2-7,12H2,1H3. The first-order chi connectivity index (χ1) is 7.83. The van der Waals surface area contributed by atoms with Crippen LogP contribution >= 0.6 is 0 Å². The molecule has 1 aliphatic heterocycles. The summed E-state index contributed by atoms with van der Waals surface area (Å²) in [7, 11) is 0. The maximum atomic E-state index is 6.29. The predicted octanol–water partition coefficient (Wildman–Crippen LogP) is 1.11. The third-order valence-corrected chi connectivity index (χ3v) is 3.20. The normalized spacial score (nSPS) is 19.9. The molecule has 1 saturated heterocycles. The molecule has 2 heterocycles. The highest BCUT2D eigenvalue weighted by atomic mass is 16.5. The van der Waals surface area contributed by atoms with Crippen molar-refractivity contribution < 1.29 is 4.74 Å². The lowest BCUT2D eigenvalue weighted by Crippen LogP contribution is -2.29. The largest absolute Gasteiger partial charge is 0.381 e. The van der Waals surface area contributed by atoms with Crippen molar-refractivity contribution in [3.63, 3.8) is 0 Å². The zero-order valence-electron chi connectivity index (χ0n) is 9.80. The van der Waals surface area contributed by atoms with Crippen molar-refractivity contribution in [2.24, 2.45) is 11.7 Å². The predicted molar refractivity (Wildman–Crippen MR) is 60.8 cm³/mol. The Kier molecular flexibility index (Phi) is 3.90. The van der Waals surface area contributed by atoms with Crippen LogP contribution in [0.3, 0.4) is 0 Å². The Morgan fingerprint density at radius 1 is 1.56 bits per heavy atom. The summed E-state index contributed by atoms with van der Waals surface area (Å²) in [5.74, 6) is 0.503. The van der Waals surface area contributed by atoms with Crippen LogP contribution in [-0.4, -0.2) is 28.2 Å². The molecule has 0 bridgehead atoms. The molecule has 0 aliphatic carbocycles. The van der Waals surface area contributed by atoms with Crippen LogP contribution < -0.4 is 5.73 Å². The Bertz CT molecular complexity index is 320. The van der Waals surface area contributed by atoms with E-state index < -0.39 is 0 Å². The number of hydrogen-bond donors (Lipinski definition) is 1. The molecule has 1 fully saturated rings. The lowest BCUT2D eigenvalue weighted by atomic mass is 9.90. The lowest BCUT2D eigenvalue weighted by Gasteiger charge is -2.27. The summed E-state index contributed by atoms with van der Waals surface area (Å²) >= 11 is 0. The second-order valence-corrected chi connectivity index (χ2v) is 4.36. The van der Waals surface area contributed by atoms with E-state index in [1.165, 1.54) is 0 Å². The van der Waals surface area contributed by atoms with Crippen molar-refractivity contribution in [2.45, 2.75) is 38.8 Å². The highest BCUT2D eigenvalue weighted by Crippen LogP contribution is 2.27. The van der Waals surface area contributed by atoms with Gasteiger partial charge in [0.1, 0.15) is 0 Å². The van der Waals surface area contributed by atoms with Crippen molar-refractivity contribution in [3.05, 3.63) is 11.9 Å². The fourth-order valence-electron chi connectivity index (χ4n) is 2.23. The summed E-state index contributed by atoms with van der Waals surface area (Å²) in [5, 5.41) is 8.04. The molecule has 2 rings (SSSR count). The highest BCUT2D eigenvalue weighted by Gasteiger charge is 2.24. The number of aromatic nitrogens is 3. The molecular formula is C11H20N4O. The maximum absolute atomic E-state index is 6.29. The van der Waals surface area contributed by atoms with Gasteiger partial charge >= 0.3 is 0 Å². The van der Waals surface area contributed by atoms with Gasteiger partial charge in [0.2, 0.25) is 0 Å². The maximum Gasteiger partial charge on any atom is 0.0757 e. The number of nitrogens with zero attached hydrogens (tertiary/aromatic N) is 3. The number of hydrogen-bond acceptors (Lipinski definition) is 4. The molecule has 1 aliphatic rings. The summed E-state index contributed by atoms with van der Waals surface area (Å²) in [5.41, 5.74) is 7.35.